The van der Waals surface area contributed by atoms with Crippen LogP contribution in [0.3, 0.4) is 0 Å². The molecule has 3 heterocycles. The molecule has 5 rings (SSSR count). The Labute approximate surface area is 172 Å². The zero-order chi connectivity index (χ0) is 20.7. The molecule has 6 heteroatoms. The van der Waals surface area contributed by atoms with E-state index in [0.29, 0.717) is 22.4 Å². The number of aliphatic hydroxyl groups excluding tert-OH is 1. The van der Waals surface area contributed by atoms with Gasteiger partial charge in [0.1, 0.15) is 11.3 Å². The summed E-state index contributed by atoms with van der Waals surface area (Å²) >= 11 is 0. The van der Waals surface area contributed by atoms with Gasteiger partial charge in [-0.1, -0.05) is 60.7 Å². The zero-order valence-electron chi connectivity index (χ0n) is 16.4. The fourth-order valence-corrected chi connectivity index (χ4v) is 3.79. The Kier molecular flexibility index (Phi) is 4.41. The Morgan fingerprint density at radius 3 is 2.30 bits per heavy atom. The summed E-state index contributed by atoms with van der Waals surface area (Å²) in [6, 6.07) is 21.8. The molecule has 0 unspecified atom stereocenters. The number of hydrogen-bond donors (Lipinski definition) is 1. The van der Waals surface area contributed by atoms with Crippen LogP contribution in [0.5, 0.6) is 0 Å². The van der Waals surface area contributed by atoms with E-state index in [0.717, 1.165) is 22.4 Å². The predicted octanol–water partition coefficient (Wildman–Crippen LogP) is 4.17. The van der Waals surface area contributed by atoms with Crippen LogP contribution in [0, 0.1) is 6.92 Å². The highest BCUT2D eigenvalue weighted by atomic mass is 16.3. The number of rotatable bonds is 4. The number of benzene rings is 2. The van der Waals surface area contributed by atoms with Gasteiger partial charge in [0.25, 0.3) is 5.56 Å². The first-order chi connectivity index (χ1) is 14.7. The van der Waals surface area contributed by atoms with E-state index < -0.39 is 0 Å². The minimum absolute atomic E-state index is 0.152. The van der Waals surface area contributed by atoms with Gasteiger partial charge < -0.3 is 9.52 Å². The third kappa shape index (κ3) is 2.89. The van der Waals surface area contributed by atoms with Crippen LogP contribution >= 0.6 is 0 Å². The molecule has 148 valence electrons. The van der Waals surface area contributed by atoms with Crippen molar-refractivity contribution in [3.05, 3.63) is 82.9 Å². The van der Waals surface area contributed by atoms with E-state index in [1.165, 1.54) is 4.57 Å². The third-order valence-corrected chi connectivity index (χ3v) is 5.22. The fraction of sp³-hybridized carbons (Fsp3) is 0.125. The average molecular weight is 397 g/mol. The Balaban J connectivity index is 1.90. The van der Waals surface area contributed by atoms with Crippen molar-refractivity contribution in [2.24, 2.45) is 0 Å². The number of furan rings is 1. The van der Waals surface area contributed by atoms with Gasteiger partial charge in [-0.3, -0.25) is 9.36 Å². The van der Waals surface area contributed by atoms with Gasteiger partial charge in [-0.2, -0.15) is 0 Å². The highest BCUT2D eigenvalue weighted by Gasteiger charge is 2.21. The maximum absolute atomic E-state index is 13.0. The average Bonchev–Trinajstić information content (AvgIpc) is 3.16. The standard InChI is InChI=1S/C24H19N3O3/c1-15-25-21-20-18(16-8-4-2-5-9-16)14-19(17-10-6-3-7-11-17)26-23(20)30-22(21)24(29)27(15)12-13-28/h2-11,14,28H,12-13H2,1H3. The van der Waals surface area contributed by atoms with Crippen molar-refractivity contribution in [2.75, 3.05) is 6.61 Å². The molecular formula is C24H19N3O3. The first-order valence-corrected chi connectivity index (χ1v) is 9.74. The van der Waals surface area contributed by atoms with Crippen LogP contribution in [0.4, 0.5) is 0 Å². The Bertz CT molecular complexity index is 1420. The van der Waals surface area contributed by atoms with E-state index >= 15 is 0 Å². The SMILES string of the molecule is Cc1nc2c(oc3nc(-c4ccccc4)cc(-c4ccccc4)c32)c(=O)n1CCO. The molecule has 0 bridgehead atoms. The zero-order valence-corrected chi connectivity index (χ0v) is 16.4. The van der Waals surface area contributed by atoms with Crippen molar-refractivity contribution in [1.29, 1.82) is 0 Å². The minimum atomic E-state index is -0.315. The molecule has 0 saturated heterocycles. The van der Waals surface area contributed by atoms with Crippen molar-refractivity contribution < 1.29 is 9.52 Å². The van der Waals surface area contributed by atoms with Crippen molar-refractivity contribution >= 4 is 22.2 Å². The van der Waals surface area contributed by atoms with Gasteiger partial charge in [0.05, 0.1) is 24.2 Å². The van der Waals surface area contributed by atoms with Gasteiger partial charge in [-0.25, -0.2) is 9.97 Å². The molecule has 0 atom stereocenters. The Hall–Kier alpha value is -3.77. The van der Waals surface area contributed by atoms with Crippen molar-refractivity contribution in [3.8, 4) is 22.4 Å². The highest BCUT2D eigenvalue weighted by Crippen LogP contribution is 2.36. The number of nitrogens with zero attached hydrogens (tertiary/aromatic N) is 3. The maximum Gasteiger partial charge on any atom is 0.297 e. The van der Waals surface area contributed by atoms with E-state index in [1.807, 2.05) is 66.7 Å². The second-order valence-electron chi connectivity index (χ2n) is 7.09. The summed E-state index contributed by atoms with van der Waals surface area (Å²) in [5.74, 6) is 0.524. The van der Waals surface area contributed by atoms with Crippen molar-refractivity contribution in [2.45, 2.75) is 13.5 Å². The molecular weight excluding hydrogens is 378 g/mol. The second kappa shape index (κ2) is 7.24. The first kappa shape index (κ1) is 18.3. The molecule has 3 aromatic heterocycles. The number of hydrogen-bond acceptors (Lipinski definition) is 5. The molecule has 0 amide bonds. The van der Waals surface area contributed by atoms with E-state index in [2.05, 4.69) is 4.98 Å². The lowest BCUT2D eigenvalue weighted by molar-refractivity contribution is 0.272. The molecule has 2 aromatic carbocycles. The van der Waals surface area contributed by atoms with Crippen LogP contribution in [-0.4, -0.2) is 26.2 Å². The van der Waals surface area contributed by atoms with Crippen LogP contribution in [0.1, 0.15) is 5.82 Å². The quantitative estimate of drug-likeness (QED) is 0.492. The van der Waals surface area contributed by atoms with Crippen LogP contribution in [0.25, 0.3) is 44.6 Å². The molecule has 0 saturated carbocycles. The van der Waals surface area contributed by atoms with Crippen LogP contribution in [-0.2, 0) is 6.54 Å². The predicted molar refractivity (Wildman–Crippen MR) is 116 cm³/mol. The normalized spacial score (nSPS) is 11.4. The topological polar surface area (TPSA) is 81.2 Å². The smallest absolute Gasteiger partial charge is 0.297 e. The number of aliphatic hydroxyl groups is 1. The maximum atomic E-state index is 13.0. The van der Waals surface area contributed by atoms with Crippen molar-refractivity contribution in [1.82, 2.24) is 14.5 Å². The van der Waals surface area contributed by atoms with Gasteiger partial charge in [0.15, 0.2) is 0 Å². The van der Waals surface area contributed by atoms with Crippen LogP contribution < -0.4 is 5.56 Å². The van der Waals surface area contributed by atoms with Crippen LogP contribution in [0.2, 0.25) is 0 Å². The summed E-state index contributed by atoms with van der Waals surface area (Å²) in [4.78, 5) is 22.4. The molecule has 30 heavy (non-hydrogen) atoms. The van der Waals surface area contributed by atoms with Gasteiger partial charge in [0.2, 0.25) is 11.3 Å². The molecule has 0 fully saturated rings. The summed E-state index contributed by atoms with van der Waals surface area (Å²) < 4.78 is 7.38. The third-order valence-electron chi connectivity index (χ3n) is 5.22. The molecule has 0 aliphatic carbocycles. The molecule has 0 spiro atoms. The fourth-order valence-electron chi connectivity index (χ4n) is 3.79. The number of pyridine rings is 1. The summed E-state index contributed by atoms with van der Waals surface area (Å²) in [5.41, 5.74) is 4.31. The largest absolute Gasteiger partial charge is 0.430 e. The lowest BCUT2D eigenvalue weighted by Gasteiger charge is -2.08. The summed E-state index contributed by atoms with van der Waals surface area (Å²) in [5, 5.41) is 10.0. The lowest BCUT2D eigenvalue weighted by Crippen LogP contribution is -2.24. The number of fused-ring (bicyclic) bond motifs is 3. The molecule has 6 nitrogen and oxygen atoms in total. The van der Waals surface area contributed by atoms with Gasteiger partial charge in [-0.05, 0) is 24.1 Å². The molecule has 0 aliphatic heterocycles. The van der Waals surface area contributed by atoms with Crippen molar-refractivity contribution in [3.63, 3.8) is 0 Å². The molecule has 0 aliphatic rings. The Morgan fingerprint density at radius 1 is 0.967 bits per heavy atom. The van der Waals surface area contributed by atoms with Crippen LogP contribution in [0.15, 0.2) is 75.9 Å². The first-order valence-electron chi connectivity index (χ1n) is 9.74. The number of aryl methyl sites for hydroxylation is 1. The van der Waals surface area contributed by atoms with E-state index in [-0.39, 0.29) is 24.3 Å². The van der Waals surface area contributed by atoms with E-state index in [1.54, 1.807) is 6.92 Å². The summed E-state index contributed by atoms with van der Waals surface area (Å²) in [6.07, 6.45) is 0. The summed E-state index contributed by atoms with van der Waals surface area (Å²) in [6.45, 7) is 1.77. The van der Waals surface area contributed by atoms with Gasteiger partial charge in [0, 0.05) is 5.56 Å². The van der Waals surface area contributed by atoms with E-state index in [9.17, 15) is 9.90 Å². The molecule has 1 N–H and O–H groups in total. The lowest BCUT2D eigenvalue weighted by atomic mass is 10.00. The molecule has 5 aromatic rings. The minimum Gasteiger partial charge on any atom is -0.430 e. The monoisotopic (exact) mass is 397 g/mol. The van der Waals surface area contributed by atoms with Gasteiger partial charge >= 0.3 is 0 Å². The number of aromatic nitrogens is 3. The van der Waals surface area contributed by atoms with Gasteiger partial charge in [-0.15, -0.1) is 0 Å². The Morgan fingerprint density at radius 2 is 1.63 bits per heavy atom. The van der Waals surface area contributed by atoms with E-state index in [4.69, 9.17) is 9.40 Å². The molecule has 0 radical (unpaired) electrons. The highest BCUT2D eigenvalue weighted by molar-refractivity contribution is 6.10. The second-order valence-corrected chi connectivity index (χ2v) is 7.09. The summed E-state index contributed by atoms with van der Waals surface area (Å²) in [7, 11) is 0.